The average Bonchev–Trinajstić information content (AvgIpc) is 2.97. The molecule has 0 spiro atoms. The number of nitrogens with one attached hydrogen (secondary N) is 1. The summed E-state index contributed by atoms with van der Waals surface area (Å²) in [7, 11) is 0. The van der Waals surface area contributed by atoms with Crippen LogP contribution in [-0.2, 0) is 6.54 Å². The molecule has 0 radical (unpaired) electrons. The van der Waals surface area contributed by atoms with Crippen LogP contribution in [0, 0.1) is 11.6 Å². The number of anilines is 1. The highest BCUT2D eigenvalue weighted by Crippen LogP contribution is 2.18. The Morgan fingerprint density at radius 1 is 0.952 bits per heavy atom. The largest absolute Gasteiger partial charge is 0.375 e. The van der Waals surface area contributed by atoms with Crippen molar-refractivity contribution in [3.63, 3.8) is 0 Å². The minimum atomic E-state index is -0.634. The summed E-state index contributed by atoms with van der Waals surface area (Å²) in [5.41, 5.74) is 1.24. The highest BCUT2D eigenvalue weighted by atomic mass is 19.1. The van der Waals surface area contributed by atoms with E-state index in [-0.39, 0.29) is 12.2 Å². The summed E-state index contributed by atoms with van der Waals surface area (Å²) >= 11 is 0. The zero-order valence-electron chi connectivity index (χ0n) is 11.0. The molecule has 0 bridgehead atoms. The Hall–Kier alpha value is -2.76. The maximum atomic E-state index is 13.5. The lowest BCUT2D eigenvalue weighted by Crippen LogP contribution is -2.05. The molecule has 0 unspecified atom stereocenters. The summed E-state index contributed by atoms with van der Waals surface area (Å²) in [5.74, 6) is -1.27. The van der Waals surface area contributed by atoms with E-state index in [9.17, 15) is 8.78 Å². The Kier molecular flexibility index (Phi) is 3.59. The van der Waals surface area contributed by atoms with Crippen molar-refractivity contribution in [2.45, 2.75) is 6.54 Å². The molecule has 0 atom stereocenters. The highest BCUT2D eigenvalue weighted by molar-refractivity contribution is 5.46. The Bertz CT molecular complexity index is 720. The van der Waals surface area contributed by atoms with E-state index in [0.29, 0.717) is 5.69 Å². The number of aromatic nitrogens is 3. The minimum absolute atomic E-state index is 0.160. The van der Waals surface area contributed by atoms with Crippen LogP contribution in [0.1, 0.15) is 5.69 Å². The third-order valence-corrected chi connectivity index (χ3v) is 2.94. The number of hydrogen-bond donors (Lipinski definition) is 1. The van der Waals surface area contributed by atoms with Crippen LogP contribution < -0.4 is 5.32 Å². The first-order valence-corrected chi connectivity index (χ1v) is 6.38. The molecule has 0 aliphatic heterocycles. The molecule has 21 heavy (non-hydrogen) atoms. The van der Waals surface area contributed by atoms with Crippen LogP contribution in [-0.4, -0.2) is 15.0 Å². The van der Waals surface area contributed by atoms with Gasteiger partial charge in [-0.05, 0) is 24.3 Å². The number of rotatable bonds is 4. The summed E-state index contributed by atoms with van der Waals surface area (Å²) in [6.07, 6.45) is 1.55. The van der Waals surface area contributed by atoms with Gasteiger partial charge in [-0.2, -0.15) is 15.0 Å². The molecule has 0 aliphatic rings. The normalized spacial score (nSPS) is 10.6. The van der Waals surface area contributed by atoms with Crippen LogP contribution in [0.3, 0.4) is 0 Å². The molecule has 3 aromatic rings. The fourth-order valence-corrected chi connectivity index (χ4v) is 1.91. The molecular weight excluding hydrogens is 274 g/mol. The molecule has 1 aromatic heterocycles. The Morgan fingerprint density at radius 3 is 2.38 bits per heavy atom. The van der Waals surface area contributed by atoms with Crippen molar-refractivity contribution in [3.05, 3.63) is 72.1 Å². The molecule has 3 rings (SSSR count). The van der Waals surface area contributed by atoms with E-state index in [1.807, 2.05) is 30.3 Å². The van der Waals surface area contributed by atoms with Crippen LogP contribution in [0.4, 0.5) is 14.5 Å². The second-order valence-electron chi connectivity index (χ2n) is 4.41. The lowest BCUT2D eigenvalue weighted by atomic mass is 10.3. The second-order valence-corrected chi connectivity index (χ2v) is 4.41. The Balaban J connectivity index is 1.74. The van der Waals surface area contributed by atoms with E-state index in [1.165, 1.54) is 23.0 Å². The van der Waals surface area contributed by atoms with E-state index >= 15 is 0 Å². The topological polar surface area (TPSA) is 42.7 Å². The molecule has 0 aliphatic carbocycles. The first kappa shape index (κ1) is 13.2. The molecular formula is C15H12F2N4. The van der Waals surface area contributed by atoms with Crippen molar-refractivity contribution < 1.29 is 8.78 Å². The smallest absolute Gasteiger partial charge is 0.149 e. The third kappa shape index (κ3) is 2.89. The lowest BCUT2D eigenvalue weighted by Gasteiger charge is -2.06. The third-order valence-electron chi connectivity index (χ3n) is 2.94. The maximum Gasteiger partial charge on any atom is 0.149 e. The van der Waals surface area contributed by atoms with Crippen molar-refractivity contribution >= 4 is 5.69 Å². The van der Waals surface area contributed by atoms with Gasteiger partial charge in [-0.3, -0.25) is 0 Å². The van der Waals surface area contributed by atoms with Crippen LogP contribution in [0.2, 0.25) is 0 Å². The number of halogens is 2. The zero-order chi connectivity index (χ0) is 14.7. The fraction of sp³-hybridized carbons (Fsp3) is 0.0667. The summed E-state index contributed by atoms with van der Waals surface area (Å²) in [4.78, 5) is 1.47. The van der Waals surface area contributed by atoms with Gasteiger partial charge in [0.25, 0.3) is 0 Å². The summed E-state index contributed by atoms with van der Waals surface area (Å²) < 4.78 is 27.0. The van der Waals surface area contributed by atoms with Gasteiger partial charge in [0, 0.05) is 0 Å². The number of hydrogen-bond acceptors (Lipinski definition) is 3. The molecule has 4 nitrogen and oxygen atoms in total. The zero-order valence-corrected chi connectivity index (χ0v) is 11.0. The van der Waals surface area contributed by atoms with Gasteiger partial charge >= 0.3 is 0 Å². The molecule has 0 amide bonds. The Labute approximate surface area is 120 Å². The van der Waals surface area contributed by atoms with Crippen molar-refractivity contribution in [2.75, 3.05) is 5.32 Å². The summed E-state index contributed by atoms with van der Waals surface area (Å²) in [6.45, 7) is 0.185. The van der Waals surface area contributed by atoms with Crippen molar-refractivity contribution in [1.82, 2.24) is 15.0 Å². The molecule has 106 valence electrons. The molecule has 0 saturated heterocycles. The Morgan fingerprint density at radius 2 is 1.67 bits per heavy atom. The van der Waals surface area contributed by atoms with Crippen LogP contribution in [0.25, 0.3) is 5.69 Å². The predicted molar refractivity (Wildman–Crippen MR) is 75.0 cm³/mol. The summed E-state index contributed by atoms with van der Waals surface area (Å²) in [6, 6.07) is 13.1. The monoisotopic (exact) mass is 286 g/mol. The molecule has 6 heteroatoms. The van der Waals surface area contributed by atoms with Crippen LogP contribution in [0.15, 0.2) is 54.7 Å². The van der Waals surface area contributed by atoms with Crippen molar-refractivity contribution in [2.24, 2.45) is 0 Å². The molecule has 0 saturated carbocycles. The van der Waals surface area contributed by atoms with Gasteiger partial charge in [0.1, 0.15) is 23.0 Å². The second kappa shape index (κ2) is 5.70. The first-order chi connectivity index (χ1) is 10.2. The number of nitrogens with zero attached hydrogens (tertiary/aromatic N) is 3. The molecule has 1 heterocycles. The van der Waals surface area contributed by atoms with E-state index in [2.05, 4.69) is 15.5 Å². The standard InChI is InChI=1S/C15H12F2N4/c16-13-7-4-8-14(17)15(13)18-9-11-10-19-21(20-11)12-5-2-1-3-6-12/h1-8,10,18H,9H2. The quantitative estimate of drug-likeness (QED) is 0.801. The molecule has 2 aromatic carbocycles. The van der Waals surface area contributed by atoms with E-state index in [1.54, 1.807) is 6.20 Å². The SMILES string of the molecule is Fc1cccc(F)c1NCc1cnn(-c2ccccc2)n1. The van der Waals surface area contributed by atoms with Gasteiger partial charge in [0.15, 0.2) is 0 Å². The predicted octanol–water partition coefficient (Wildman–Crippen LogP) is 3.16. The van der Waals surface area contributed by atoms with Crippen LogP contribution in [0.5, 0.6) is 0 Å². The summed E-state index contributed by atoms with van der Waals surface area (Å²) in [5, 5.41) is 11.1. The fourth-order valence-electron chi connectivity index (χ4n) is 1.91. The number of benzene rings is 2. The van der Waals surface area contributed by atoms with Crippen molar-refractivity contribution in [1.29, 1.82) is 0 Å². The van der Waals surface area contributed by atoms with Gasteiger partial charge in [-0.15, -0.1) is 0 Å². The van der Waals surface area contributed by atoms with Gasteiger partial charge in [0.2, 0.25) is 0 Å². The number of para-hydroxylation sites is 2. The first-order valence-electron chi connectivity index (χ1n) is 6.38. The molecule has 1 N–H and O–H groups in total. The van der Waals surface area contributed by atoms with Gasteiger partial charge in [-0.1, -0.05) is 24.3 Å². The van der Waals surface area contributed by atoms with Gasteiger partial charge in [-0.25, -0.2) is 8.78 Å². The van der Waals surface area contributed by atoms with E-state index < -0.39 is 11.6 Å². The average molecular weight is 286 g/mol. The van der Waals surface area contributed by atoms with Gasteiger partial charge in [0.05, 0.1) is 18.4 Å². The van der Waals surface area contributed by atoms with E-state index in [0.717, 1.165) is 5.69 Å². The van der Waals surface area contributed by atoms with Crippen molar-refractivity contribution in [3.8, 4) is 5.69 Å². The highest BCUT2D eigenvalue weighted by Gasteiger charge is 2.09. The molecule has 0 fully saturated rings. The van der Waals surface area contributed by atoms with E-state index in [4.69, 9.17) is 0 Å². The maximum absolute atomic E-state index is 13.5. The van der Waals surface area contributed by atoms with Gasteiger partial charge < -0.3 is 5.32 Å². The van der Waals surface area contributed by atoms with Crippen LogP contribution >= 0.6 is 0 Å². The lowest BCUT2D eigenvalue weighted by molar-refractivity contribution is 0.587. The minimum Gasteiger partial charge on any atom is -0.375 e.